The van der Waals surface area contributed by atoms with Crippen LogP contribution in [0.1, 0.15) is 17.4 Å². The van der Waals surface area contributed by atoms with E-state index in [1.807, 2.05) is 36.6 Å². The fraction of sp³-hybridized carbons (Fsp3) is 0.278. The number of thiophene rings is 1. The molecular weight excluding hydrogens is 350 g/mol. The minimum Gasteiger partial charge on any atom is -0.490 e. The Bertz CT molecular complexity index is 832. The number of benzene rings is 1. The van der Waals surface area contributed by atoms with Crippen molar-refractivity contribution in [2.24, 2.45) is 0 Å². The van der Waals surface area contributed by atoms with Crippen molar-refractivity contribution in [1.82, 2.24) is 20.2 Å². The molecule has 2 aromatic heterocycles. The second-order valence-electron chi connectivity index (χ2n) is 5.41. The maximum Gasteiger partial charge on any atom is 0.243 e. The maximum atomic E-state index is 5.91. The molecule has 136 valence electrons. The molecule has 0 atom stereocenters. The van der Waals surface area contributed by atoms with Gasteiger partial charge in [-0.2, -0.15) is 0 Å². The number of aromatic nitrogens is 4. The van der Waals surface area contributed by atoms with Crippen LogP contribution in [0.3, 0.4) is 0 Å². The second-order valence-corrected chi connectivity index (χ2v) is 6.44. The Hall–Kier alpha value is -2.87. The summed E-state index contributed by atoms with van der Waals surface area (Å²) in [5.41, 5.74) is 1.05. The molecule has 0 amide bonds. The first-order valence-corrected chi connectivity index (χ1v) is 9.20. The standard InChI is InChI=1S/C18H21N5O2S/c1-3-9-23-18(20-21-22-23)19-12-14-7-8-16(17(11-14)24-4-2)25-13-15-6-5-10-26-15/h3,5-8,10-11H,1,4,9,12-13H2,2H3,(H,19,20,22). The lowest BCUT2D eigenvalue weighted by Crippen LogP contribution is -2.08. The quantitative estimate of drug-likeness (QED) is 0.550. The Morgan fingerprint density at radius 3 is 2.96 bits per heavy atom. The summed E-state index contributed by atoms with van der Waals surface area (Å²) in [7, 11) is 0. The first-order valence-electron chi connectivity index (χ1n) is 8.32. The topological polar surface area (TPSA) is 74.1 Å². The highest BCUT2D eigenvalue weighted by molar-refractivity contribution is 7.09. The number of ether oxygens (including phenoxy) is 2. The number of hydrogen-bond acceptors (Lipinski definition) is 7. The van der Waals surface area contributed by atoms with Crippen molar-refractivity contribution in [2.75, 3.05) is 11.9 Å². The van der Waals surface area contributed by atoms with Gasteiger partial charge in [-0.1, -0.05) is 23.3 Å². The van der Waals surface area contributed by atoms with Crippen LogP contribution in [-0.2, 0) is 19.7 Å². The molecule has 1 aromatic carbocycles. The van der Waals surface area contributed by atoms with Gasteiger partial charge in [0.2, 0.25) is 5.95 Å². The Morgan fingerprint density at radius 2 is 2.19 bits per heavy atom. The van der Waals surface area contributed by atoms with Crippen LogP contribution in [0.15, 0.2) is 48.4 Å². The van der Waals surface area contributed by atoms with Crippen molar-refractivity contribution in [3.05, 3.63) is 58.8 Å². The van der Waals surface area contributed by atoms with E-state index in [-0.39, 0.29) is 0 Å². The monoisotopic (exact) mass is 371 g/mol. The second kappa shape index (κ2) is 9.00. The van der Waals surface area contributed by atoms with Crippen LogP contribution in [0.25, 0.3) is 0 Å². The SMILES string of the molecule is C=CCn1nnnc1NCc1ccc(OCc2cccs2)c(OCC)c1. The molecule has 0 saturated carbocycles. The van der Waals surface area contributed by atoms with Crippen LogP contribution in [0.2, 0.25) is 0 Å². The molecule has 0 bridgehead atoms. The molecule has 0 fully saturated rings. The molecule has 1 N–H and O–H groups in total. The van der Waals surface area contributed by atoms with Gasteiger partial charge in [-0.05, 0) is 46.5 Å². The summed E-state index contributed by atoms with van der Waals surface area (Å²) >= 11 is 1.67. The average Bonchev–Trinajstić information content (AvgIpc) is 3.32. The van der Waals surface area contributed by atoms with E-state index in [0.717, 1.165) is 17.1 Å². The van der Waals surface area contributed by atoms with Crippen LogP contribution in [-0.4, -0.2) is 26.8 Å². The van der Waals surface area contributed by atoms with E-state index >= 15 is 0 Å². The van der Waals surface area contributed by atoms with Crippen molar-refractivity contribution >= 4 is 17.3 Å². The summed E-state index contributed by atoms with van der Waals surface area (Å²) < 4.78 is 13.3. The number of allylic oxidation sites excluding steroid dienone is 1. The molecule has 7 nitrogen and oxygen atoms in total. The van der Waals surface area contributed by atoms with Crippen molar-refractivity contribution in [3.63, 3.8) is 0 Å². The molecule has 0 aliphatic carbocycles. The third-order valence-electron chi connectivity index (χ3n) is 3.54. The summed E-state index contributed by atoms with van der Waals surface area (Å²) in [6, 6.07) is 9.98. The van der Waals surface area contributed by atoms with Gasteiger partial charge in [0.05, 0.1) is 13.2 Å². The Labute approximate surface area is 156 Å². The van der Waals surface area contributed by atoms with Gasteiger partial charge >= 0.3 is 0 Å². The molecule has 3 aromatic rings. The molecule has 3 rings (SSSR count). The summed E-state index contributed by atoms with van der Waals surface area (Å²) in [5.74, 6) is 2.07. The van der Waals surface area contributed by atoms with E-state index in [9.17, 15) is 0 Å². The predicted molar refractivity (Wildman–Crippen MR) is 102 cm³/mol. The summed E-state index contributed by atoms with van der Waals surface area (Å²) in [6.45, 7) is 7.88. The smallest absolute Gasteiger partial charge is 0.243 e. The first-order chi connectivity index (χ1) is 12.8. The van der Waals surface area contributed by atoms with E-state index in [4.69, 9.17) is 9.47 Å². The van der Waals surface area contributed by atoms with Crippen LogP contribution in [0, 0.1) is 0 Å². The number of rotatable bonds is 10. The highest BCUT2D eigenvalue weighted by Gasteiger charge is 2.09. The minimum atomic E-state index is 0.533. The normalized spacial score (nSPS) is 10.5. The van der Waals surface area contributed by atoms with E-state index in [2.05, 4.69) is 33.5 Å². The number of nitrogens with one attached hydrogen (secondary N) is 1. The Balaban J connectivity index is 1.66. The zero-order valence-electron chi connectivity index (χ0n) is 14.6. The molecule has 0 spiro atoms. The van der Waals surface area contributed by atoms with Gasteiger partial charge in [-0.25, -0.2) is 4.68 Å². The summed E-state index contributed by atoms with van der Waals surface area (Å²) in [4.78, 5) is 1.17. The van der Waals surface area contributed by atoms with Gasteiger partial charge in [0.25, 0.3) is 0 Å². The van der Waals surface area contributed by atoms with Crippen molar-refractivity contribution in [3.8, 4) is 11.5 Å². The number of nitrogens with zero attached hydrogens (tertiary/aromatic N) is 4. The predicted octanol–water partition coefficient (Wildman–Crippen LogP) is 3.51. The zero-order chi connectivity index (χ0) is 18.2. The van der Waals surface area contributed by atoms with Crippen molar-refractivity contribution in [2.45, 2.75) is 26.6 Å². The van der Waals surface area contributed by atoms with Crippen LogP contribution >= 0.6 is 11.3 Å². The van der Waals surface area contributed by atoms with Gasteiger partial charge in [0.15, 0.2) is 11.5 Å². The van der Waals surface area contributed by atoms with Gasteiger partial charge in [0.1, 0.15) is 6.61 Å². The fourth-order valence-electron chi connectivity index (χ4n) is 2.35. The maximum absolute atomic E-state index is 5.91. The summed E-state index contributed by atoms with van der Waals surface area (Å²) in [5, 5.41) is 16.8. The van der Waals surface area contributed by atoms with E-state index in [1.165, 1.54) is 4.88 Å². The zero-order valence-corrected chi connectivity index (χ0v) is 15.4. The third kappa shape index (κ3) is 4.60. The average molecular weight is 371 g/mol. The van der Waals surface area contributed by atoms with Gasteiger partial charge in [-0.3, -0.25) is 0 Å². The molecule has 0 saturated heterocycles. The number of anilines is 1. The lowest BCUT2D eigenvalue weighted by Gasteiger charge is -2.13. The molecule has 0 radical (unpaired) electrons. The summed E-state index contributed by atoms with van der Waals surface area (Å²) in [6.07, 6.45) is 1.74. The molecule has 2 heterocycles. The molecule has 26 heavy (non-hydrogen) atoms. The fourth-order valence-corrected chi connectivity index (χ4v) is 2.97. The van der Waals surface area contributed by atoms with Crippen molar-refractivity contribution < 1.29 is 9.47 Å². The molecule has 0 unspecified atom stereocenters. The van der Waals surface area contributed by atoms with E-state index < -0.39 is 0 Å². The Morgan fingerprint density at radius 1 is 1.27 bits per heavy atom. The van der Waals surface area contributed by atoms with E-state index in [0.29, 0.717) is 32.3 Å². The third-order valence-corrected chi connectivity index (χ3v) is 4.39. The number of hydrogen-bond donors (Lipinski definition) is 1. The molecule has 8 heteroatoms. The van der Waals surface area contributed by atoms with Gasteiger partial charge < -0.3 is 14.8 Å². The van der Waals surface area contributed by atoms with E-state index in [1.54, 1.807) is 22.1 Å². The molecule has 0 aliphatic heterocycles. The van der Waals surface area contributed by atoms with Gasteiger partial charge in [0, 0.05) is 11.4 Å². The Kier molecular flexibility index (Phi) is 6.21. The first kappa shape index (κ1) is 17.9. The highest BCUT2D eigenvalue weighted by Crippen LogP contribution is 2.30. The van der Waals surface area contributed by atoms with Gasteiger partial charge in [-0.15, -0.1) is 17.9 Å². The van der Waals surface area contributed by atoms with Crippen LogP contribution < -0.4 is 14.8 Å². The lowest BCUT2D eigenvalue weighted by atomic mass is 10.2. The van der Waals surface area contributed by atoms with Crippen LogP contribution in [0.4, 0.5) is 5.95 Å². The number of tetrazole rings is 1. The molecule has 0 aliphatic rings. The minimum absolute atomic E-state index is 0.533. The van der Waals surface area contributed by atoms with Crippen LogP contribution in [0.5, 0.6) is 11.5 Å². The largest absolute Gasteiger partial charge is 0.490 e. The van der Waals surface area contributed by atoms with Crippen molar-refractivity contribution in [1.29, 1.82) is 0 Å². The highest BCUT2D eigenvalue weighted by atomic mass is 32.1. The lowest BCUT2D eigenvalue weighted by molar-refractivity contribution is 0.271. The molecular formula is C18H21N5O2S.